The Kier molecular flexibility index (Phi) is 4.82. The number of halogens is 3. The van der Waals surface area contributed by atoms with E-state index in [1.54, 1.807) is 12.1 Å². The molecule has 0 radical (unpaired) electrons. The van der Waals surface area contributed by atoms with E-state index < -0.39 is 11.6 Å². The second-order valence-electron chi connectivity index (χ2n) is 7.42. The van der Waals surface area contributed by atoms with Crippen LogP contribution in [0.15, 0.2) is 59.3 Å². The van der Waals surface area contributed by atoms with Crippen LogP contribution < -0.4 is 0 Å². The van der Waals surface area contributed by atoms with Gasteiger partial charge in [-0.3, -0.25) is 0 Å². The van der Waals surface area contributed by atoms with Crippen molar-refractivity contribution in [3.05, 3.63) is 88.5 Å². The van der Waals surface area contributed by atoms with Gasteiger partial charge < -0.3 is 14.4 Å². The summed E-state index contributed by atoms with van der Waals surface area (Å²) in [5.74, 6) is -0.805. The number of nitrogens with zero attached hydrogens (tertiary/aromatic N) is 3. The lowest BCUT2D eigenvalue weighted by atomic mass is 10.1. The summed E-state index contributed by atoms with van der Waals surface area (Å²) in [6.45, 7) is 2.95. The molecule has 156 valence electrons. The molecule has 0 amide bonds. The van der Waals surface area contributed by atoms with E-state index in [0.717, 1.165) is 34.3 Å². The quantitative estimate of drug-likeness (QED) is 0.422. The van der Waals surface area contributed by atoms with E-state index in [2.05, 4.69) is 15.1 Å². The van der Waals surface area contributed by atoms with Crippen molar-refractivity contribution in [3.63, 3.8) is 0 Å². The van der Waals surface area contributed by atoms with Gasteiger partial charge in [0.25, 0.3) is 0 Å². The Balaban J connectivity index is 1.37. The predicted molar refractivity (Wildman–Crippen MR) is 114 cm³/mol. The topological polar surface area (TPSA) is 58.0 Å². The highest BCUT2D eigenvalue weighted by atomic mass is 35.5. The third-order valence-electron chi connectivity index (χ3n) is 5.15. The summed E-state index contributed by atoms with van der Waals surface area (Å²) in [5.41, 5.74) is 4.25. The number of hydrogen-bond donors (Lipinski definition) is 1. The normalized spacial score (nSPS) is 13.3. The van der Waals surface area contributed by atoms with E-state index in [1.165, 1.54) is 12.1 Å². The van der Waals surface area contributed by atoms with Crippen LogP contribution in [0.5, 0.6) is 0 Å². The van der Waals surface area contributed by atoms with Gasteiger partial charge in [0.1, 0.15) is 11.5 Å². The first-order chi connectivity index (χ1) is 15.0. The van der Waals surface area contributed by atoms with Crippen LogP contribution in [0.2, 0.25) is 5.02 Å². The van der Waals surface area contributed by atoms with Crippen LogP contribution in [0, 0.1) is 11.6 Å². The number of nitrogens with one attached hydrogen (secondary N) is 1. The molecule has 0 spiro atoms. The molecule has 2 aromatic heterocycles. The second kappa shape index (κ2) is 7.67. The molecule has 1 aliphatic rings. The van der Waals surface area contributed by atoms with E-state index in [4.69, 9.17) is 16.1 Å². The fourth-order valence-corrected chi connectivity index (χ4v) is 3.82. The summed E-state index contributed by atoms with van der Waals surface area (Å²) in [5, 5.41) is 4.81. The highest BCUT2D eigenvalue weighted by Gasteiger charge is 2.23. The maximum Gasteiger partial charge on any atom is 0.169 e. The van der Waals surface area contributed by atoms with E-state index in [9.17, 15) is 8.78 Å². The van der Waals surface area contributed by atoms with Crippen molar-refractivity contribution in [2.75, 3.05) is 0 Å². The standard InChI is InChI=1S/C23H17ClF2N4O/c1-13-10-30(11-16-9-19(29-31-16)14-5-7-15(24)8-6-14)12-20-22(13)28-23(27-20)17-3-2-4-18(25)21(17)26/h2-10H,11-12H2,1H3,(H,27,28). The molecule has 0 aliphatic carbocycles. The van der Waals surface area contributed by atoms with E-state index in [-0.39, 0.29) is 5.56 Å². The Hall–Kier alpha value is -3.45. The Morgan fingerprint density at radius 2 is 1.97 bits per heavy atom. The zero-order valence-electron chi connectivity index (χ0n) is 16.5. The van der Waals surface area contributed by atoms with Crippen molar-refractivity contribution in [1.82, 2.24) is 20.0 Å². The molecule has 0 saturated heterocycles. The van der Waals surface area contributed by atoms with Crippen molar-refractivity contribution >= 4 is 17.2 Å². The number of benzene rings is 2. The number of rotatable bonds is 4. The Morgan fingerprint density at radius 1 is 1.16 bits per heavy atom. The molecule has 0 unspecified atom stereocenters. The van der Waals surface area contributed by atoms with Gasteiger partial charge in [0.2, 0.25) is 0 Å². The molecule has 31 heavy (non-hydrogen) atoms. The fraction of sp³-hybridized carbons (Fsp3) is 0.130. The maximum atomic E-state index is 14.2. The third-order valence-corrected chi connectivity index (χ3v) is 5.41. The van der Waals surface area contributed by atoms with Crippen molar-refractivity contribution in [2.24, 2.45) is 0 Å². The molecule has 2 aromatic carbocycles. The van der Waals surface area contributed by atoms with Crippen LogP contribution in [0.1, 0.15) is 24.1 Å². The Bertz CT molecular complexity index is 1290. The first-order valence-electron chi connectivity index (χ1n) is 9.65. The Morgan fingerprint density at radius 3 is 2.77 bits per heavy atom. The minimum atomic E-state index is -0.913. The first kappa shape index (κ1) is 19.5. The van der Waals surface area contributed by atoms with E-state index in [1.807, 2.05) is 36.2 Å². The summed E-state index contributed by atoms with van der Waals surface area (Å²) in [7, 11) is 0. The largest absolute Gasteiger partial charge is 0.364 e. The van der Waals surface area contributed by atoms with Crippen LogP contribution in [-0.2, 0) is 13.1 Å². The summed E-state index contributed by atoms with van der Waals surface area (Å²) in [6, 6.07) is 13.3. The van der Waals surface area contributed by atoms with Crippen LogP contribution in [0.3, 0.4) is 0 Å². The van der Waals surface area contributed by atoms with Gasteiger partial charge in [0, 0.05) is 22.9 Å². The average molecular weight is 439 g/mol. The number of hydrogen-bond acceptors (Lipinski definition) is 4. The number of imidazole rings is 1. The van der Waals surface area contributed by atoms with Gasteiger partial charge in [-0.1, -0.05) is 35.0 Å². The molecule has 5 rings (SSSR count). The van der Waals surface area contributed by atoms with Gasteiger partial charge >= 0.3 is 0 Å². The molecule has 1 aliphatic heterocycles. The SMILES string of the molecule is CC1=CN(Cc2cc(-c3ccc(Cl)cc3)no2)Cc2[nH]c(-c3cccc(F)c3F)nc21. The van der Waals surface area contributed by atoms with Crippen LogP contribution in [0.4, 0.5) is 8.78 Å². The summed E-state index contributed by atoms with van der Waals surface area (Å²) in [4.78, 5) is 9.68. The van der Waals surface area contributed by atoms with Crippen LogP contribution in [0.25, 0.3) is 28.2 Å². The number of aromatic amines is 1. The van der Waals surface area contributed by atoms with Gasteiger partial charge in [0.05, 0.1) is 30.0 Å². The predicted octanol–water partition coefficient (Wildman–Crippen LogP) is 6.04. The van der Waals surface area contributed by atoms with Gasteiger partial charge in [0.15, 0.2) is 17.4 Å². The van der Waals surface area contributed by atoms with Gasteiger partial charge in [-0.05, 0) is 36.8 Å². The van der Waals surface area contributed by atoms with Crippen LogP contribution >= 0.6 is 11.6 Å². The minimum Gasteiger partial charge on any atom is -0.364 e. The molecule has 1 N–H and O–H groups in total. The van der Waals surface area contributed by atoms with Gasteiger partial charge in [-0.2, -0.15) is 0 Å². The molecule has 0 bridgehead atoms. The van der Waals surface area contributed by atoms with Gasteiger partial charge in [-0.25, -0.2) is 13.8 Å². The van der Waals surface area contributed by atoms with Gasteiger partial charge in [-0.15, -0.1) is 0 Å². The average Bonchev–Trinajstić information content (AvgIpc) is 3.38. The first-order valence-corrected chi connectivity index (χ1v) is 10.0. The Labute approximate surface area is 182 Å². The summed E-state index contributed by atoms with van der Waals surface area (Å²) in [6.07, 6.45) is 1.97. The highest BCUT2D eigenvalue weighted by molar-refractivity contribution is 6.30. The molecular formula is C23H17ClF2N4O. The smallest absolute Gasteiger partial charge is 0.169 e. The van der Waals surface area contributed by atoms with Crippen molar-refractivity contribution < 1.29 is 13.3 Å². The lowest BCUT2D eigenvalue weighted by Gasteiger charge is -2.23. The molecule has 8 heteroatoms. The summed E-state index contributed by atoms with van der Waals surface area (Å²) < 4.78 is 33.3. The number of H-pyrrole nitrogens is 1. The monoisotopic (exact) mass is 438 g/mol. The molecule has 0 atom stereocenters. The molecular weight excluding hydrogens is 422 g/mol. The zero-order valence-corrected chi connectivity index (χ0v) is 17.3. The second-order valence-corrected chi connectivity index (χ2v) is 7.85. The van der Waals surface area contributed by atoms with Crippen LogP contribution in [-0.4, -0.2) is 20.0 Å². The van der Waals surface area contributed by atoms with E-state index >= 15 is 0 Å². The molecule has 3 heterocycles. The molecule has 0 saturated carbocycles. The van der Waals surface area contributed by atoms with Crippen molar-refractivity contribution in [2.45, 2.75) is 20.0 Å². The number of allylic oxidation sites excluding steroid dienone is 1. The van der Waals surface area contributed by atoms with Crippen molar-refractivity contribution in [1.29, 1.82) is 0 Å². The fourth-order valence-electron chi connectivity index (χ4n) is 3.69. The molecule has 0 fully saturated rings. The zero-order chi connectivity index (χ0) is 21.5. The summed E-state index contributed by atoms with van der Waals surface area (Å²) >= 11 is 5.94. The maximum absolute atomic E-state index is 14.2. The minimum absolute atomic E-state index is 0.108. The molecule has 4 aromatic rings. The number of fused-ring (bicyclic) bond motifs is 1. The third kappa shape index (κ3) is 3.72. The lowest BCUT2D eigenvalue weighted by molar-refractivity contribution is 0.289. The van der Waals surface area contributed by atoms with Crippen molar-refractivity contribution in [3.8, 4) is 22.6 Å². The van der Waals surface area contributed by atoms with E-state index in [0.29, 0.717) is 29.7 Å². The number of aromatic nitrogens is 3. The lowest BCUT2D eigenvalue weighted by Crippen LogP contribution is -2.20. The molecule has 5 nitrogen and oxygen atoms in total. The highest BCUT2D eigenvalue weighted by Crippen LogP contribution is 2.31.